The number of aliphatic hydroxyl groups excluding tert-OH is 2. The second-order valence-electron chi connectivity index (χ2n) is 9.99. The molecule has 2 aromatic rings. The molecular weight excluding hydrogens is 480 g/mol. The maximum Gasteiger partial charge on any atom is 0.255 e. The van der Waals surface area contributed by atoms with Gasteiger partial charge in [0.1, 0.15) is 28.6 Å². The summed E-state index contributed by atoms with van der Waals surface area (Å²) in [6, 6.07) is 8.26. The number of aromatic hydroxyl groups is 2. The Morgan fingerprint density at radius 1 is 1.03 bits per heavy atom. The molecular formula is C27H26N2O8. The number of phenolic OH excluding ortho intramolecular Hbond substituents is 2. The van der Waals surface area contributed by atoms with Gasteiger partial charge in [-0.15, -0.1) is 0 Å². The Morgan fingerprint density at radius 2 is 1.68 bits per heavy atom. The van der Waals surface area contributed by atoms with Crippen LogP contribution in [0.15, 0.2) is 53.3 Å². The number of aliphatic hydroxyl groups is 3. The van der Waals surface area contributed by atoms with Crippen LogP contribution in [0.3, 0.4) is 0 Å². The molecule has 2 aromatic carbocycles. The molecule has 0 spiro atoms. The summed E-state index contributed by atoms with van der Waals surface area (Å²) in [5.41, 5.74) is 3.54. The van der Waals surface area contributed by atoms with Crippen molar-refractivity contribution in [2.24, 2.45) is 17.6 Å². The van der Waals surface area contributed by atoms with Crippen LogP contribution in [0.25, 0.3) is 16.9 Å². The molecule has 1 amide bonds. The molecule has 10 heteroatoms. The number of primary amides is 1. The highest BCUT2D eigenvalue weighted by atomic mass is 16.3. The summed E-state index contributed by atoms with van der Waals surface area (Å²) in [6.45, 7) is 0. The predicted octanol–water partition coefficient (Wildman–Crippen LogP) is 1.34. The van der Waals surface area contributed by atoms with Crippen molar-refractivity contribution in [3.05, 3.63) is 64.4 Å². The zero-order chi connectivity index (χ0) is 27.0. The van der Waals surface area contributed by atoms with Crippen molar-refractivity contribution in [1.29, 1.82) is 0 Å². The number of Topliss-reactive ketones (excluding diaryl/α,β-unsaturated/α-hetero) is 2. The van der Waals surface area contributed by atoms with Crippen LogP contribution in [0, 0.1) is 11.8 Å². The van der Waals surface area contributed by atoms with E-state index in [-0.39, 0.29) is 35.5 Å². The number of nitrogens with zero attached hydrogens (tertiary/aromatic N) is 1. The van der Waals surface area contributed by atoms with E-state index in [1.165, 1.54) is 23.1 Å². The van der Waals surface area contributed by atoms with Crippen molar-refractivity contribution in [3.8, 4) is 22.6 Å². The lowest BCUT2D eigenvalue weighted by atomic mass is 9.57. The van der Waals surface area contributed by atoms with Crippen LogP contribution >= 0.6 is 0 Å². The van der Waals surface area contributed by atoms with Gasteiger partial charge in [0.25, 0.3) is 5.91 Å². The Morgan fingerprint density at radius 3 is 2.27 bits per heavy atom. The molecule has 10 nitrogen and oxygen atoms in total. The minimum absolute atomic E-state index is 0.0104. The van der Waals surface area contributed by atoms with Gasteiger partial charge in [0.05, 0.1) is 11.6 Å². The molecule has 1 fully saturated rings. The average molecular weight is 507 g/mol. The van der Waals surface area contributed by atoms with Crippen LogP contribution in [0.1, 0.15) is 17.5 Å². The first-order chi connectivity index (χ1) is 17.4. The summed E-state index contributed by atoms with van der Waals surface area (Å²) in [6.07, 6.45) is 0.190. The smallest absolute Gasteiger partial charge is 0.255 e. The maximum absolute atomic E-state index is 13.8. The molecule has 0 saturated heterocycles. The van der Waals surface area contributed by atoms with Crippen LogP contribution < -0.4 is 5.73 Å². The summed E-state index contributed by atoms with van der Waals surface area (Å²) in [5.74, 6) is -6.82. The highest BCUT2D eigenvalue weighted by Gasteiger charge is 2.64. The van der Waals surface area contributed by atoms with E-state index >= 15 is 0 Å². The summed E-state index contributed by atoms with van der Waals surface area (Å²) in [7, 11) is 3.10. The van der Waals surface area contributed by atoms with E-state index in [2.05, 4.69) is 0 Å². The van der Waals surface area contributed by atoms with Crippen LogP contribution in [0.2, 0.25) is 0 Å². The number of hydrogen-bond acceptors (Lipinski definition) is 9. The number of hydrogen-bond donors (Lipinski definition) is 6. The Kier molecular flexibility index (Phi) is 5.43. The second kappa shape index (κ2) is 8.19. The number of carbonyl (C=O) groups excluding carboxylic acids is 3. The SMILES string of the molecule is CN(C)[C@H]1C(=O)C(C(N)=O)=C(O)[C@]2(O)C(=O)C3=C(O)c4c(O)ccc(-c5ccc(O)cc5)c4C[C@@H]3C[C@H]12. The van der Waals surface area contributed by atoms with E-state index in [0.717, 1.165) is 0 Å². The number of nitrogens with two attached hydrogens (primary N) is 1. The van der Waals surface area contributed by atoms with Crippen molar-refractivity contribution in [3.63, 3.8) is 0 Å². The summed E-state index contributed by atoms with van der Waals surface area (Å²) in [5, 5.41) is 54.1. The van der Waals surface area contributed by atoms with E-state index in [1.807, 2.05) is 0 Å². The van der Waals surface area contributed by atoms with Gasteiger partial charge in [-0.1, -0.05) is 18.2 Å². The van der Waals surface area contributed by atoms with Crippen LogP contribution in [0.5, 0.6) is 11.5 Å². The zero-order valence-corrected chi connectivity index (χ0v) is 20.1. The fraction of sp³-hybridized carbons (Fsp3) is 0.296. The number of fused-ring (bicyclic) bond motifs is 3. The molecule has 3 aliphatic carbocycles. The number of benzene rings is 2. The maximum atomic E-state index is 13.8. The summed E-state index contributed by atoms with van der Waals surface area (Å²) >= 11 is 0. The van der Waals surface area contributed by atoms with Crippen LogP contribution in [-0.4, -0.2) is 73.6 Å². The number of ketones is 2. The van der Waals surface area contributed by atoms with Gasteiger partial charge in [-0.3, -0.25) is 19.3 Å². The molecule has 7 N–H and O–H groups in total. The first-order valence-corrected chi connectivity index (χ1v) is 11.7. The van der Waals surface area contributed by atoms with E-state index in [0.29, 0.717) is 16.7 Å². The molecule has 5 rings (SSSR count). The predicted molar refractivity (Wildman–Crippen MR) is 131 cm³/mol. The van der Waals surface area contributed by atoms with Crippen LogP contribution in [-0.2, 0) is 20.8 Å². The fourth-order valence-electron chi connectivity index (χ4n) is 6.16. The highest BCUT2D eigenvalue weighted by molar-refractivity contribution is 6.24. The van der Waals surface area contributed by atoms with E-state index in [9.17, 15) is 39.9 Å². The number of rotatable bonds is 3. The van der Waals surface area contributed by atoms with E-state index < -0.39 is 58.0 Å². The first-order valence-electron chi connectivity index (χ1n) is 11.7. The standard InChI is InChI=1S/C27H26N2O8/c1-29(2)21-16-10-12-9-15-14(11-3-5-13(30)6-4-11)7-8-17(31)19(15)22(32)18(12)24(34)27(16,37)25(35)20(23(21)33)26(28)36/h3-8,12,16,21,30-32,35,37H,9-10H2,1-2H3,(H2,28,36)/t12-,16-,21-,27-/m1/s1. The molecule has 0 aliphatic heterocycles. The van der Waals surface area contributed by atoms with Gasteiger partial charge in [-0.05, 0) is 67.7 Å². The third-order valence-electron chi connectivity index (χ3n) is 7.78. The Balaban J connectivity index is 1.74. The number of phenols is 2. The van der Waals surface area contributed by atoms with E-state index in [4.69, 9.17) is 5.73 Å². The van der Waals surface area contributed by atoms with Crippen molar-refractivity contribution in [2.45, 2.75) is 24.5 Å². The average Bonchev–Trinajstić information content (AvgIpc) is 2.82. The van der Waals surface area contributed by atoms with Crippen LogP contribution in [0.4, 0.5) is 0 Å². The van der Waals surface area contributed by atoms with Crippen molar-refractivity contribution < 1.29 is 39.9 Å². The molecule has 37 heavy (non-hydrogen) atoms. The van der Waals surface area contributed by atoms with E-state index in [1.54, 1.807) is 32.3 Å². The first kappa shape index (κ1) is 24.5. The second-order valence-corrected chi connectivity index (χ2v) is 9.99. The Bertz CT molecular complexity index is 1440. The van der Waals surface area contributed by atoms with Gasteiger partial charge >= 0.3 is 0 Å². The molecule has 0 heterocycles. The zero-order valence-electron chi connectivity index (χ0n) is 20.1. The monoisotopic (exact) mass is 506 g/mol. The highest BCUT2D eigenvalue weighted by Crippen LogP contribution is 2.53. The fourth-order valence-corrected chi connectivity index (χ4v) is 6.16. The summed E-state index contributed by atoms with van der Waals surface area (Å²) < 4.78 is 0. The lowest BCUT2D eigenvalue weighted by Crippen LogP contribution is -2.65. The largest absolute Gasteiger partial charge is 0.508 e. The number of carbonyl (C=O) groups is 3. The minimum atomic E-state index is -2.67. The molecule has 192 valence electrons. The Labute approximate surface area is 211 Å². The van der Waals surface area contributed by atoms with Gasteiger partial charge in [-0.25, -0.2) is 0 Å². The third-order valence-corrected chi connectivity index (χ3v) is 7.78. The lowest BCUT2D eigenvalue weighted by Gasteiger charge is -2.50. The molecule has 0 radical (unpaired) electrons. The molecule has 4 atom stereocenters. The minimum Gasteiger partial charge on any atom is -0.508 e. The molecule has 1 saturated carbocycles. The third kappa shape index (κ3) is 3.29. The topological polar surface area (TPSA) is 182 Å². The summed E-state index contributed by atoms with van der Waals surface area (Å²) in [4.78, 5) is 40.5. The number of amides is 1. The van der Waals surface area contributed by atoms with Gasteiger partial charge in [0.2, 0.25) is 5.78 Å². The van der Waals surface area contributed by atoms with Crippen molar-refractivity contribution >= 4 is 23.2 Å². The van der Waals surface area contributed by atoms with Gasteiger partial charge in [-0.2, -0.15) is 0 Å². The molecule has 3 aliphatic rings. The van der Waals surface area contributed by atoms with Gasteiger partial charge in [0.15, 0.2) is 11.4 Å². The molecule has 0 unspecified atom stereocenters. The molecule has 0 bridgehead atoms. The molecule has 0 aromatic heterocycles. The normalized spacial score (nSPS) is 27.2. The quantitative estimate of drug-likeness (QED) is 0.335. The van der Waals surface area contributed by atoms with Gasteiger partial charge < -0.3 is 31.3 Å². The van der Waals surface area contributed by atoms with Crippen molar-refractivity contribution in [2.75, 3.05) is 14.1 Å². The van der Waals surface area contributed by atoms with Gasteiger partial charge in [0, 0.05) is 11.5 Å². The lowest BCUT2D eigenvalue weighted by molar-refractivity contribution is -0.153. The number of likely N-dealkylation sites (N-methyl/N-ethyl adjacent to an activating group) is 1. The Hall–Kier alpha value is -4.15. The van der Waals surface area contributed by atoms with Crippen molar-refractivity contribution in [1.82, 2.24) is 4.90 Å².